The average molecular weight is 399 g/mol. The van der Waals surface area contributed by atoms with E-state index < -0.39 is 6.04 Å². The maximum Gasteiger partial charge on any atom is 0.242 e. The van der Waals surface area contributed by atoms with Crippen molar-refractivity contribution >= 4 is 23.6 Å². The van der Waals surface area contributed by atoms with E-state index in [4.69, 9.17) is 0 Å². The van der Waals surface area contributed by atoms with Crippen LogP contribution in [0.4, 0.5) is 0 Å². The smallest absolute Gasteiger partial charge is 0.242 e. The third-order valence-corrected chi connectivity index (χ3v) is 5.37. The molecule has 0 bridgehead atoms. The summed E-state index contributed by atoms with van der Waals surface area (Å²) in [5, 5.41) is 2.95. The van der Waals surface area contributed by atoms with Crippen LogP contribution in [0.1, 0.15) is 31.9 Å². The summed E-state index contributed by atoms with van der Waals surface area (Å²) in [4.78, 5) is 27.2. The van der Waals surface area contributed by atoms with Gasteiger partial charge in [-0.05, 0) is 24.0 Å². The number of hydrogen-bond acceptors (Lipinski definition) is 3. The highest BCUT2D eigenvalue weighted by Crippen LogP contribution is 2.16. The number of amides is 2. The minimum Gasteiger partial charge on any atom is -0.354 e. The first-order valence-corrected chi connectivity index (χ1v) is 10.9. The number of benzene rings is 2. The molecule has 1 atom stereocenters. The van der Waals surface area contributed by atoms with Crippen LogP contribution in [0.15, 0.2) is 60.7 Å². The lowest BCUT2D eigenvalue weighted by atomic mass is 10.1. The second-order valence-electron chi connectivity index (χ2n) is 7.30. The van der Waals surface area contributed by atoms with Crippen LogP contribution < -0.4 is 5.32 Å². The number of nitrogens with one attached hydrogen (secondary N) is 1. The molecule has 4 nitrogen and oxygen atoms in total. The van der Waals surface area contributed by atoms with Crippen molar-refractivity contribution in [2.75, 3.05) is 12.3 Å². The van der Waals surface area contributed by atoms with Crippen LogP contribution in [-0.4, -0.2) is 35.1 Å². The molecule has 2 amide bonds. The van der Waals surface area contributed by atoms with Crippen molar-refractivity contribution in [1.29, 1.82) is 0 Å². The molecule has 150 valence electrons. The molecular formula is C23H30N2O2S. The molecule has 0 unspecified atom stereocenters. The maximum atomic E-state index is 12.9. The van der Waals surface area contributed by atoms with Gasteiger partial charge in [-0.3, -0.25) is 9.59 Å². The Labute approximate surface area is 172 Å². The topological polar surface area (TPSA) is 49.4 Å². The molecule has 1 N–H and O–H groups in total. The Kier molecular flexibility index (Phi) is 9.08. The van der Waals surface area contributed by atoms with Crippen molar-refractivity contribution in [2.24, 2.45) is 5.92 Å². The summed E-state index contributed by atoms with van der Waals surface area (Å²) < 4.78 is 0. The van der Waals surface area contributed by atoms with E-state index in [2.05, 4.69) is 31.3 Å². The number of thioether (sulfide) groups is 1. The normalized spacial score (nSPS) is 11.9. The molecule has 2 rings (SSSR count). The molecule has 0 aliphatic rings. The average Bonchev–Trinajstić information content (AvgIpc) is 2.71. The monoisotopic (exact) mass is 398 g/mol. The fraction of sp³-hybridized carbons (Fsp3) is 0.391. The zero-order valence-corrected chi connectivity index (χ0v) is 17.7. The highest BCUT2D eigenvalue weighted by atomic mass is 32.2. The van der Waals surface area contributed by atoms with Gasteiger partial charge in [-0.25, -0.2) is 0 Å². The molecule has 0 saturated heterocycles. The van der Waals surface area contributed by atoms with Crippen molar-refractivity contribution in [3.8, 4) is 0 Å². The van der Waals surface area contributed by atoms with Crippen molar-refractivity contribution in [1.82, 2.24) is 10.2 Å². The molecule has 0 radical (unpaired) electrons. The van der Waals surface area contributed by atoms with E-state index in [1.807, 2.05) is 48.5 Å². The van der Waals surface area contributed by atoms with Crippen LogP contribution in [0, 0.1) is 5.92 Å². The molecule has 0 saturated carbocycles. The summed E-state index contributed by atoms with van der Waals surface area (Å²) in [7, 11) is 0. The van der Waals surface area contributed by atoms with Crippen LogP contribution in [0.5, 0.6) is 0 Å². The number of carbonyl (C=O) groups excluding carboxylic acids is 2. The van der Waals surface area contributed by atoms with Gasteiger partial charge in [0.2, 0.25) is 11.8 Å². The molecule has 0 fully saturated rings. The highest BCUT2D eigenvalue weighted by molar-refractivity contribution is 7.99. The summed E-state index contributed by atoms with van der Waals surface area (Å²) in [6, 6.07) is 19.4. The Balaban J connectivity index is 2.01. The predicted molar refractivity (Wildman–Crippen MR) is 117 cm³/mol. The SMILES string of the molecule is CC(C)CNC(=O)[C@@H](C)N(Cc1ccccc1)C(=O)CSCc1ccccc1. The second-order valence-corrected chi connectivity index (χ2v) is 8.29. The quantitative estimate of drug-likeness (QED) is 0.655. The summed E-state index contributed by atoms with van der Waals surface area (Å²) in [6.45, 7) is 6.95. The Morgan fingerprint density at radius 3 is 2.07 bits per heavy atom. The van der Waals surface area contributed by atoms with Crippen LogP contribution >= 0.6 is 11.8 Å². The minimum absolute atomic E-state index is 0.0167. The first-order chi connectivity index (χ1) is 13.5. The largest absolute Gasteiger partial charge is 0.354 e. The molecule has 0 spiro atoms. The molecule has 0 aromatic heterocycles. The predicted octanol–water partition coefficient (Wildman–Crippen LogP) is 4.11. The maximum absolute atomic E-state index is 12.9. The van der Waals surface area contributed by atoms with Crippen molar-refractivity contribution < 1.29 is 9.59 Å². The van der Waals surface area contributed by atoms with E-state index in [0.29, 0.717) is 24.8 Å². The Hall–Kier alpha value is -2.27. The molecular weight excluding hydrogens is 368 g/mol. The summed E-state index contributed by atoms with van der Waals surface area (Å²) >= 11 is 1.58. The zero-order chi connectivity index (χ0) is 20.4. The van der Waals surface area contributed by atoms with E-state index in [1.54, 1.807) is 23.6 Å². The van der Waals surface area contributed by atoms with Crippen LogP contribution in [0.3, 0.4) is 0 Å². The van der Waals surface area contributed by atoms with Gasteiger partial charge in [-0.15, -0.1) is 11.8 Å². The van der Waals surface area contributed by atoms with Crippen molar-refractivity contribution in [3.05, 3.63) is 71.8 Å². The van der Waals surface area contributed by atoms with E-state index in [1.165, 1.54) is 5.56 Å². The number of hydrogen-bond donors (Lipinski definition) is 1. The fourth-order valence-electron chi connectivity index (χ4n) is 2.73. The molecule has 2 aromatic carbocycles. The molecule has 0 heterocycles. The third kappa shape index (κ3) is 7.39. The second kappa shape index (κ2) is 11.5. The van der Waals surface area contributed by atoms with Crippen LogP contribution in [0.25, 0.3) is 0 Å². The van der Waals surface area contributed by atoms with Crippen molar-refractivity contribution in [3.63, 3.8) is 0 Å². The summed E-state index contributed by atoms with van der Waals surface area (Å²) in [5.41, 5.74) is 2.21. The van der Waals surface area contributed by atoms with Crippen LogP contribution in [-0.2, 0) is 21.9 Å². The molecule has 5 heteroatoms. The third-order valence-electron chi connectivity index (χ3n) is 4.38. The Bertz CT molecular complexity index is 735. The van der Waals surface area contributed by atoms with Gasteiger partial charge in [-0.1, -0.05) is 74.5 Å². The highest BCUT2D eigenvalue weighted by Gasteiger charge is 2.25. The van der Waals surface area contributed by atoms with E-state index in [-0.39, 0.29) is 11.8 Å². The van der Waals surface area contributed by atoms with E-state index >= 15 is 0 Å². The first-order valence-electron chi connectivity index (χ1n) is 9.70. The standard InChI is InChI=1S/C23H30N2O2S/c1-18(2)14-24-23(27)19(3)25(15-20-10-6-4-7-11-20)22(26)17-28-16-21-12-8-5-9-13-21/h4-13,18-19H,14-17H2,1-3H3,(H,24,27)/t19-/m1/s1. The van der Waals surface area contributed by atoms with Gasteiger partial charge in [0.05, 0.1) is 5.75 Å². The van der Waals surface area contributed by atoms with Gasteiger partial charge in [-0.2, -0.15) is 0 Å². The first kappa shape index (κ1) is 22.0. The Morgan fingerprint density at radius 2 is 1.50 bits per heavy atom. The molecule has 2 aromatic rings. The van der Waals surface area contributed by atoms with Gasteiger partial charge in [0.25, 0.3) is 0 Å². The Morgan fingerprint density at radius 1 is 0.929 bits per heavy atom. The zero-order valence-electron chi connectivity index (χ0n) is 16.9. The number of carbonyl (C=O) groups is 2. The van der Waals surface area contributed by atoms with Gasteiger partial charge < -0.3 is 10.2 Å². The number of rotatable bonds is 10. The minimum atomic E-state index is -0.510. The lowest BCUT2D eigenvalue weighted by molar-refractivity contribution is -0.138. The van der Waals surface area contributed by atoms with Gasteiger partial charge >= 0.3 is 0 Å². The molecule has 0 aliphatic heterocycles. The van der Waals surface area contributed by atoms with Gasteiger partial charge in [0.1, 0.15) is 6.04 Å². The summed E-state index contributed by atoms with van der Waals surface area (Å²) in [5.74, 6) is 1.38. The van der Waals surface area contributed by atoms with Crippen molar-refractivity contribution in [2.45, 2.75) is 39.1 Å². The lowest BCUT2D eigenvalue weighted by Gasteiger charge is -2.29. The van der Waals surface area contributed by atoms with Gasteiger partial charge in [0, 0.05) is 18.8 Å². The number of nitrogens with zero attached hydrogens (tertiary/aromatic N) is 1. The fourth-order valence-corrected chi connectivity index (χ4v) is 3.60. The van der Waals surface area contributed by atoms with Gasteiger partial charge in [0.15, 0.2) is 0 Å². The lowest BCUT2D eigenvalue weighted by Crippen LogP contribution is -2.48. The van der Waals surface area contributed by atoms with E-state index in [0.717, 1.165) is 11.3 Å². The molecule has 0 aliphatic carbocycles. The van der Waals surface area contributed by atoms with E-state index in [9.17, 15) is 9.59 Å². The summed E-state index contributed by atoms with van der Waals surface area (Å²) in [6.07, 6.45) is 0. The molecule has 28 heavy (non-hydrogen) atoms. The van der Waals surface area contributed by atoms with Crippen LogP contribution in [0.2, 0.25) is 0 Å².